The number of rotatable bonds is 5. The van der Waals surface area contributed by atoms with Crippen LogP contribution in [0.25, 0.3) is 0 Å². The summed E-state index contributed by atoms with van der Waals surface area (Å²) in [4.78, 5) is 37.9. The van der Waals surface area contributed by atoms with Crippen LogP contribution in [0.3, 0.4) is 0 Å². The Bertz CT molecular complexity index is 666. The molecule has 1 aromatic rings. The summed E-state index contributed by atoms with van der Waals surface area (Å²) in [5.74, 6) is -0.470. The highest BCUT2D eigenvalue weighted by Crippen LogP contribution is 2.29. The molecule has 0 saturated carbocycles. The fraction of sp³-hybridized carbons (Fsp3) is 0.529. The van der Waals surface area contributed by atoms with Gasteiger partial charge >= 0.3 is 5.97 Å². The molecule has 8 nitrogen and oxygen atoms in total. The number of hydrogen-bond donors (Lipinski definition) is 0. The first-order chi connectivity index (χ1) is 11.8. The van der Waals surface area contributed by atoms with E-state index in [1.54, 1.807) is 20.2 Å². The van der Waals surface area contributed by atoms with Crippen LogP contribution < -0.4 is 4.90 Å². The van der Waals surface area contributed by atoms with Gasteiger partial charge in [0.15, 0.2) is 6.61 Å². The molecule has 0 bridgehead atoms. The van der Waals surface area contributed by atoms with Gasteiger partial charge in [0.05, 0.1) is 16.2 Å². The Morgan fingerprint density at radius 1 is 1.32 bits per heavy atom. The van der Waals surface area contributed by atoms with Crippen LogP contribution in [-0.2, 0) is 9.53 Å². The first-order valence-electron chi connectivity index (χ1n) is 8.20. The van der Waals surface area contributed by atoms with E-state index in [-0.39, 0.29) is 17.2 Å². The number of esters is 1. The molecule has 1 saturated heterocycles. The first kappa shape index (κ1) is 18.7. The van der Waals surface area contributed by atoms with Gasteiger partial charge in [-0.1, -0.05) is 6.92 Å². The molecular formula is C17H23N3O5. The van der Waals surface area contributed by atoms with Crippen molar-refractivity contribution < 1.29 is 19.2 Å². The van der Waals surface area contributed by atoms with Gasteiger partial charge in [-0.05, 0) is 24.8 Å². The maximum absolute atomic E-state index is 12.4. The molecule has 136 valence electrons. The Labute approximate surface area is 146 Å². The average molecular weight is 349 g/mol. The van der Waals surface area contributed by atoms with Gasteiger partial charge in [-0.25, -0.2) is 4.79 Å². The Hall–Kier alpha value is -2.64. The van der Waals surface area contributed by atoms with Crippen LogP contribution in [0, 0.1) is 16.0 Å². The largest absolute Gasteiger partial charge is 0.452 e. The van der Waals surface area contributed by atoms with Crippen molar-refractivity contribution in [1.29, 1.82) is 0 Å². The highest BCUT2D eigenvalue weighted by atomic mass is 16.6. The predicted octanol–water partition coefficient (Wildman–Crippen LogP) is 2.08. The molecule has 25 heavy (non-hydrogen) atoms. The molecule has 8 heteroatoms. The number of carbonyl (C=O) groups excluding carboxylic acids is 2. The van der Waals surface area contributed by atoms with Crippen molar-refractivity contribution in [2.45, 2.75) is 19.8 Å². The van der Waals surface area contributed by atoms with Gasteiger partial charge in [0.25, 0.3) is 11.6 Å². The van der Waals surface area contributed by atoms with Crippen LogP contribution >= 0.6 is 0 Å². The maximum Gasteiger partial charge on any atom is 0.341 e. The average Bonchev–Trinajstić information content (AvgIpc) is 2.59. The summed E-state index contributed by atoms with van der Waals surface area (Å²) in [7, 11) is 3.12. The Morgan fingerprint density at radius 3 is 2.52 bits per heavy atom. The van der Waals surface area contributed by atoms with E-state index in [1.165, 1.54) is 17.0 Å². The number of non-ortho nitro benzene ring substituents is 1. The number of piperidine rings is 1. The standard InChI is InChI=1S/C17H23N3O5/c1-12-6-8-19(9-7-12)15-5-4-13(20(23)24)10-14(15)17(22)25-11-16(21)18(2)3/h4-5,10,12H,6-9,11H2,1-3H3. The molecule has 0 spiro atoms. The highest BCUT2D eigenvalue weighted by molar-refractivity contribution is 5.97. The maximum atomic E-state index is 12.4. The fourth-order valence-electron chi connectivity index (χ4n) is 2.66. The molecule has 1 amide bonds. The third kappa shape index (κ3) is 4.68. The lowest BCUT2D eigenvalue weighted by Gasteiger charge is -2.33. The smallest absolute Gasteiger partial charge is 0.341 e. The van der Waals surface area contributed by atoms with E-state index in [0.29, 0.717) is 11.6 Å². The molecule has 1 heterocycles. The van der Waals surface area contributed by atoms with E-state index >= 15 is 0 Å². The molecule has 0 unspecified atom stereocenters. The number of anilines is 1. The molecule has 0 N–H and O–H groups in total. The minimum Gasteiger partial charge on any atom is -0.452 e. The van der Waals surface area contributed by atoms with Crippen LogP contribution in [-0.4, -0.2) is 55.5 Å². The summed E-state index contributed by atoms with van der Waals surface area (Å²) < 4.78 is 5.06. The van der Waals surface area contributed by atoms with Crippen LogP contribution in [0.5, 0.6) is 0 Å². The van der Waals surface area contributed by atoms with E-state index < -0.39 is 17.5 Å². The first-order valence-corrected chi connectivity index (χ1v) is 8.20. The molecule has 0 aliphatic carbocycles. The quantitative estimate of drug-likeness (QED) is 0.459. The van der Waals surface area contributed by atoms with Crippen molar-refractivity contribution in [2.75, 3.05) is 38.7 Å². The molecular weight excluding hydrogens is 326 g/mol. The number of benzene rings is 1. The van der Waals surface area contributed by atoms with E-state index in [1.807, 2.05) is 4.90 Å². The SMILES string of the molecule is CC1CCN(c2ccc([N+](=O)[O-])cc2C(=O)OCC(=O)N(C)C)CC1. The van der Waals surface area contributed by atoms with Crippen molar-refractivity contribution in [3.05, 3.63) is 33.9 Å². The fourth-order valence-corrected chi connectivity index (χ4v) is 2.66. The number of likely N-dealkylation sites (N-methyl/N-ethyl adjacent to an activating group) is 1. The summed E-state index contributed by atoms with van der Waals surface area (Å²) in [5.41, 5.74) is 0.551. The molecule has 2 rings (SSSR count). The van der Waals surface area contributed by atoms with Crippen molar-refractivity contribution in [2.24, 2.45) is 5.92 Å². The lowest BCUT2D eigenvalue weighted by molar-refractivity contribution is -0.384. The van der Waals surface area contributed by atoms with Crippen molar-refractivity contribution in [1.82, 2.24) is 4.90 Å². The molecule has 0 atom stereocenters. The molecule has 1 aromatic carbocycles. The van der Waals surface area contributed by atoms with Crippen LogP contribution in [0.15, 0.2) is 18.2 Å². The monoisotopic (exact) mass is 349 g/mol. The third-order valence-corrected chi connectivity index (χ3v) is 4.36. The summed E-state index contributed by atoms with van der Waals surface area (Å²) in [5, 5.41) is 11.0. The highest BCUT2D eigenvalue weighted by Gasteiger charge is 2.24. The van der Waals surface area contributed by atoms with E-state index in [0.717, 1.165) is 25.9 Å². The Kier molecular flexibility index (Phi) is 5.95. The van der Waals surface area contributed by atoms with Gasteiger partial charge in [0.1, 0.15) is 0 Å². The minimum atomic E-state index is -0.729. The lowest BCUT2D eigenvalue weighted by Crippen LogP contribution is -2.34. The number of nitro groups is 1. The number of nitrogens with zero attached hydrogens (tertiary/aromatic N) is 3. The number of hydrogen-bond acceptors (Lipinski definition) is 6. The van der Waals surface area contributed by atoms with Gasteiger partial charge in [-0.2, -0.15) is 0 Å². The second-order valence-corrected chi connectivity index (χ2v) is 6.49. The zero-order valence-corrected chi connectivity index (χ0v) is 14.7. The van der Waals surface area contributed by atoms with Crippen molar-refractivity contribution in [3.63, 3.8) is 0 Å². The predicted molar refractivity (Wildman–Crippen MR) is 92.7 cm³/mol. The Morgan fingerprint density at radius 2 is 1.96 bits per heavy atom. The van der Waals surface area contributed by atoms with Crippen molar-refractivity contribution >= 4 is 23.3 Å². The topological polar surface area (TPSA) is 93.0 Å². The third-order valence-electron chi connectivity index (χ3n) is 4.36. The minimum absolute atomic E-state index is 0.121. The van der Waals surface area contributed by atoms with E-state index in [4.69, 9.17) is 4.74 Å². The summed E-state index contributed by atoms with van der Waals surface area (Å²) in [6, 6.07) is 4.18. The molecule has 1 aliphatic heterocycles. The summed E-state index contributed by atoms with van der Waals surface area (Å²) in [6.45, 7) is 3.33. The van der Waals surface area contributed by atoms with E-state index in [2.05, 4.69) is 6.92 Å². The molecule has 1 aliphatic rings. The van der Waals surface area contributed by atoms with Crippen LogP contribution in [0.2, 0.25) is 0 Å². The molecule has 0 aromatic heterocycles. The van der Waals surface area contributed by atoms with Gasteiger partial charge in [0, 0.05) is 39.3 Å². The second kappa shape index (κ2) is 7.96. The summed E-state index contributed by atoms with van der Waals surface area (Å²) in [6.07, 6.45) is 1.98. The van der Waals surface area contributed by atoms with Gasteiger partial charge < -0.3 is 14.5 Å². The van der Waals surface area contributed by atoms with Gasteiger partial charge in [-0.15, -0.1) is 0 Å². The van der Waals surface area contributed by atoms with E-state index in [9.17, 15) is 19.7 Å². The van der Waals surface area contributed by atoms with Crippen LogP contribution in [0.4, 0.5) is 11.4 Å². The molecule has 1 fully saturated rings. The van der Waals surface area contributed by atoms with Crippen LogP contribution in [0.1, 0.15) is 30.1 Å². The molecule has 0 radical (unpaired) electrons. The lowest BCUT2D eigenvalue weighted by atomic mass is 9.98. The zero-order valence-electron chi connectivity index (χ0n) is 14.7. The number of ether oxygens (including phenoxy) is 1. The zero-order chi connectivity index (χ0) is 18.6. The normalized spacial score (nSPS) is 14.9. The van der Waals surface area contributed by atoms with Crippen molar-refractivity contribution in [3.8, 4) is 0 Å². The Balaban J connectivity index is 2.25. The number of nitro benzene ring substituents is 1. The second-order valence-electron chi connectivity index (χ2n) is 6.49. The van der Waals surface area contributed by atoms with Gasteiger partial charge in [-0.3, -0.25) is 14.9 Å². The summed E-state index contributed by atoms with van der Waals surface area (Å²) >= 11 is 0. The van der Waals surface area contributed by atoms with Gasteiger partial charge in [0.2, 0.25) is 0 Å². The number of carbonyl (C=O) groups is 2. The number of amides is 1.